The van der Waals surface area contributed by atoms with Gasteiger partial charge < -0.3 is 4.74 Å². The highest BCUT2D eigenvalue weighted by Gasteiger charge is 2.74. The lowest BCUT2D eigenvalue weighted by molar-refractivity contribution is -0.216. The third kappa shape index (κ3) is 2.22. The van der Waals surface area contributed by atoms with Crippen molar-refractivity contribution in [2.75, 3.05) is 0 Å². The maximum atomic E-state index is 14.5. The van der Waals surface area contributed by atoms with Crippen LogP contribution in [0.3, 0.4) is 0 Å². The van der Waals surface area contributed by atoms with Crippen molar-refractivity contribution < 1.29 is 26.7 Å². The molecule has 0 spiro atoms. The average molecular weight is 381 g/mol. The molecule has 0 N–H and O–H groups in total. The van der Waals surface area contributed by atoms with Crippen molar-refractivity contribution in [3.63, 3.8) is 0 Å². The van der Waals surface area contributed by atoms with Crippen LogP contribution in [0.4, 0.5) is 22.0 Å². The number of ether oxygens (including phenoxy) is 1. The minimum absolute atomic E-state index is 0.0557. The highest BCUT2D eigenvalue weighted by molar-refractivity contribution is 6.45. The van der Waals surface area contributed by atoms with Gasteiger partial charge in [0.2, 0.25) is 0 Å². The van der Waals surface area contributed by atoms with E-state index in [9.17, 15) is 22.0 Å². The monoisotopic (exact) mass is 381 g/mol. The van der Waals surface area contributed by atoms with Gasteiger partial charge in [0.05, 0.1) is 35.2 Å². The third-order valence-electron chi connectivity index (χ3n) is 5.23. The fraction of sp³-hybridized carbons (Fsp3) is 0.278. The normalized spacial score (nSPS) is 25.1. The predicted molar refractivity (Wildman–Crippen MR) is 91.9 cm³/mol. The van der Waals surface area contributed by atoms with Crippen molar-refractivity contribution in [1.82, 2.24) is 0 Å². The van der Waals surface area contributed by atoms with Gasteiger partial charge in [-0.1, -0.05) is 11.0 Å². The molecule has 0 saturated heterocycles. The van der Waals surface area contributed by atoms with Gasteiger partial charge in [0.25, 0.3) is 0 Å². The molecule has 0 saturated carbocycles. The Labute approximate surface area is 160 Å². The van der Waals surface area contributed by atoms with E-state index in [1.165, 1.54) is 6.07 Å². The summed E-state index contributed by atoms with van der Waals surface area (Å²) in [4.78, 5) is 0. The van der Waals surface area contributed by atoms with E-state index < -0.39 is 45.7 Å². The Balaban J connectivity index is 1.91. The summed E-state index contributed by atoms with van der Waals surface area (Å²) < 4.78 is 76.8. The molecule has 2 unspecified atom stereocenters. The second-order valence-corrected chi connectivity index (χ2v) is 6.94. The van der Waals surface area contributed by atoms with Crippen LogP contribution in [0.25, 0.3) is 0 Å². The number of hydrogen-bond acceptors (Lipinski definition) is 2. The first-order valence-electron chi connectivity index (χ1n) is 8.07. The summed E-state index contributed by atoms with van der Waals surface area (Å²) in [5.74, 6) is -13.8. The van der Waals surface area contributed by atoms with Crippen molar-refractivity contribution in [2.24, 2.45) is 0 Å². The van der Waals surface area contributed by atoms with Crippen LogP contribution in [-0.2, 0) is 5.92 Å². The van der Waals surface area contributed by atoms with Crippen molar-refractivity contribution in [3.8, 4) is 17.6 Å². The molecular weight excluding hydrogens is 374 g/mol. The Morgan fingerprint density at radius 2 is 1.71 bits per heavy atom. The first-order chi connectivity index (χ1) is 12.9. The van der Waals surface area contributed by atoms with Crippen LogP contribution < -0.4 is 4.74 Å². The number of rotatable bonds is 2. The molecule has 134 valence electrons. The van der Waals surface area contributed by atoms with E-state index in [4.69, 9.17) is 33.5 Å². The molecule has 0 fully saturated rings. The molecule has 0 bridgehead atoms. The van der Waals surface area contributed by atoms with Gasteiger partial charge in [-0.15, -0.1) is 0 Å². The molecule has 2 aromatic rings. The maximum Gasteiger partial charge on any atom is 0.336 e. The summed E-state index contributed by atoms with van der Waals surface area (Å²) in [5, 5.41) is 6.56. The van der Waals surface area contributed by atoms with Gasteiger partial charge in [0.1, 0.15) is 17.3 Å². The summed E-state index contributed by atoms with van der Waals surface area (Å²) in [7, 11) is 17.5. The number of alkyl halides is 4. The molecule has 28 heavy (non-hydrogen) atoms. The molecule has 0 heterocycles. The van der Waals surface area contributed by atoms with Crippen LogP contribution in [0.5, 0.6) is 11.5 Å². The SMILES string of the molecule is [B]C1c2c(Oc3cc(F)cc(C#N)c3)ccc3c2C(C1([B])[B])C(F)(F)C3(F)F. The molecule has 2 aliphatic carbocycles. The lowest BCUT2D eigenvalue weighted by Gasteiger charge is -2.37. The van der Waals surface area contributed by atoms with Crippen LogP contribution in [0, 0.1) is 17.1 Å². The molecule has 2 aliphatic rings. The molecule has 4 rings (SSSR count). The lowest BCUT2D eigenvalue weighted by atomic mass is 9.40. The van der Waals surface area contributed by atoms with Crippen molar-refractivity contribution in [2.45, 2.75) is 28.8 Å². The minimum Gasteiger partial charge on any atom is -0.457 e. The van der Waals surface area contributed by atoms with E-state index in [-0.39, 0.29) is 22.6 Å². The summed E-state index contributed by atoms with van der Waals surface area (Å²) in [6.07, 6.45) is 0. The van der Waals surface area contributed by atoms with Crippen LogP contribution in [-0.4, -0.2) is 29.5 Å². The first-order valence-corrected chi connectivity index (χ1v) is 8.07. The number of nitriles is 1. The molecular formula is C18H7B3F5NO. The molecule has 2 atom stereocenters. The smallest absolute Gasteiger partial charge is 0.336 e. The maximum absolute atomic E-state index is 14.5. The van der Waals surface area contributed by atoms with Crippen LogP contribution in [0.2, 0.25) is 5.21 Å². The van der Waals surface area contributed by atoms with Gasteiger partial charge in [-0.3, -0.25) is 0 Å². The van der Waals surface area contributed by atoms with Gasteiger partial charge in [0, 0.05) is 17.5 Å². The van der Waals surface area contributed by atoms with Crippen LogP contribution >= 0.6 is 0 Å². The summed E-state index contributed by atoms with van der Waals surface area (Å²) in [5.41, 5.74) is -1.62. The van der Waals surface area contributed by atoms with Crippen LogP contribution in [0.15, 0.2) is 30.3 Å². The van der Waals surface area contributed by atoms with E-state index in [0.29, 0.717) is 0 Å². The Kier molecular flexibility index (Phi) is 3.75. The molecule has 0 aromatic heterocycles. The second-order valence-electron chi connectivity index (χ2n) is 6.94. The zero-order valence-electron chi connectivity index (χ0n) is 14.0. The van der Waals surface area contributed by atoms with Gasteiger partial charge in [-0.2, -0.15) is 22.8 Å². The van der Waals surface area contributed by atoms with Crippen molar-refractivity contribution in [3.05, 3.63) is 58.4 Å². The number of halogens is 5. The van der Waals surface area contributed by atoms with E-state index in [1.54, 1.807) is 6.07 Å². The van der Waals surface area contributed by atoms with Gasteiger partial charge >= 0.3 is 11.8 Å². The van der Waals surface area contributed by atoms with E-state index in [1.807, 2.05) is 0 Å². The topological polar surface area (TPSA) is 33.0 Å². The summed E-state index contributed by atoms with van der Waals surface area (Å²) in [6.45, 7) is 0. The summed E-state index contributed by atoms with van der Waals surface area (Å²) >= 11 is 0. The lowest BCUT2D eigenvalue weighted by Crippen LogP contribution is -2.42. The molecule has 0 aliphatic heterocycles. The number of benzene rings is 2. The predicted octanol–water partition coefficient (Wildman–Crippen LogP) is 3.99. The molecule has 2 aromatic carbocycles. The Morgan fingerprint density at radius 1 is 1.04 bits per heavy atom. The van der Waals surface area contributed by atoms with Crippen molar-refractivity contribution >= 4 is 23.5 Å². The van der Waals surface area contributed by atoms with Gasteiger partial charge in [0.15, 0.2) is 0 Å². The molecule has 6 radical (unpaired) electrons. The van der Waals surface area contributed by atoms with Gasteiger partial charge in [-0.25, -0.2) is 4.39 Å². The van der Waals surface area contributed by atoms with Gasteiger partial charge in [-0.05, 0) is 35.4 Å². The first kappa shape index (κ1) is 18.9. The summed E-state index contributed by atoms with van der Waals surface area (Å²) in [6, 6.07) is 6.65. The molecule has 10 heteroatoms. The fourth-order valence-corrected chi connectivity index (χ4v) is 3.96. The Hall–Kier alpha value is -2.43. The molecule has 2 nitrogen and oxygen atoms in total. The average Bonchev–Trinajstić information content (AvgIpc) is 2.90. The quantitative estimate of drug-likeness (QED) is 0.583. The van der Waals surface area contributed by atoms with Crippen molar-refractivity contribution in [1.29, 1.82) is 5.26 Å². The molecule has 0 amide bonds. The highest BCUT2D eigenvalue weighted by atomic mass is 19.3. The zero-order chi connectivity index (χ0) is 20.6. The number of hydrogen-bond donors (Lipinski definition) is 0. The highest BCUT2D eigenvalue weighted by Crippen LogP contribution is 2.72. The largest absolute Gasteiger partial charge is 0.457 e. The Bertz CT molecular complexity index is 1050. The van der Waals surface area contributed by atoms with E-state index >= 15 is 0 Å². The van der Waals surface area contributed by atoms with Crippen LogP contribution in [0.1, 0.15) is 34.0 Å². The number of nitrogens with zero attached hydrogens (tertiary/aromatic N) is 1. The fourth-order valence-electron chi connectivity index (χ4n) is 3.96. The van der Waals surface area contributed by atoms with E-state index in [2.05, 4.69) is 0 Å². The second kappa shape index (κ2) is 5.56. The zero-order valence-corrected chi connectivity index (χ0v) is 14.0. The minimum atomic E-state index is -4.55. The Morgan fingerprint density at radius 3 is 2.36 bits per heavy atom. The van der Waals surface area contributed by atoms with E-state index in [0.717, 1.165) is 24.3 Å². The third-order valence-corrected chi connectivity index (χ3v) is 5.23. The standard InChI is InChI=1S/C18H7B3F5NO/c19-15-13-11(28-9-4-7(6-27)3-8(22)5-9)2-1-10-12(13)14(16(15,20)21)18(25,26)17(10,23)24/h1-5,14-15H.